The van der Waals surface area contributed by atoms with E-state index in [4.69, 9.17) is 26.8 Å². The van der Waals surface area contributed by atoms with Gasteiger partial charge in [-0.3, -0.25) is 0 Å². The molecule has 0 saturated heterocycles. The number of hydrogen-bond donors (Lipinski definition) is 1. The molecule has 1 heterocycles. The third kappa shape index (κ3) is 2.19. The number of nitrogens with two attached hydrogens (primary N) is 1. The number of hydrogen-bond acceptors (Lipinski definition) is 3. The van der Waals surface area contributed by atoms with E-state index in [9.17, 15) is 4.39 Å². The SMILES string of the molecule is Nc1c(Cl)cc(F)cc1-c1ccc2c(c1)OCCO2. The average Bonchev–Trinajstić information content (AvgIpc) is 2.42. The van der Waals surface area contributed by atoms with Crippen molar-refractivity contribution < 1.29 is 13.9 Å². The molecule has 0 amide bonds. The van der Waals surface area contributed by atoms with Crippen molar-refractivity contribution in [3.05, 3.63) is 41.2 Å². The van der Waals surface area contributed by atoms with Gasteiger partial charge in [-0.2, -0.15) is 0 Å². The highest BCUT2D eigenvalue weighted by Gasteiger charge is 2.15. The lowest BCUT2D eigenvalue weighted by Gasteiger charge is -2.19. The van der Waals surface area contributed by atoms with Crippen molar-refractivity contribution in [2.75, 3.05) is 18.9 Å². The van der Waals surface area contributed by atoms with E-state index in [0.717, 1.165) is 5.56 Å². The van der Waals surface area contributed by atoms with Crippen LogP contribution < -0.4 is 15.2 Å². The zero-order valence-electron chi connectivity index (χ0n) is 9.95. The van der Waals surface area contributed by atoms with Gasteiger partial charge in [0.2, 0.25) is 0 Å². The van der Waals surface area contributed by atoms with Crippen molar-refractivity contribution in [1.82, 2.24) is 0 Å². The summed E-state index contributed by atoms with van der Waals surface area (Å²) >= 11 is 5.89. The van der Waals surface area contributed by atoms with Crippen LogP contribution in [0.3, 0.4) is 0 Å². The first-order valence-electron chi connectivity index (χ1n) is 5.79. The topological polar surface area (TPSA) is 44.5 Å². The zero-order chi connectivity index (χ0) is 13.4. The van der Waals surface area contributed by atoms with Gasteiger partial charge in [0.15, 0.2) is 11.5 Å². The number of anilines is 1. The van der Waals surface area contributed by atoms with Crippen LogP contribution in [0.25, 0.3) is 11.1 Å². The van der Waals surface area contributed by atoms with E-state index in [1.807, 2.05) is 0 Å². The Morgan fingerprint density at radius 1 is 1.05 bits per heavy atom. The van der Waals surface area contributed by atoms with Crippen LogP contribution >= 0.6 is 11.6 Å². The van der Waals surface area contributed by atoms with Crippen LogP contribution in [0.5, 0.6) is 11.5 Å². The quantitative estimate of drug-likeness (QED) is 0.813. The Morgan fingerprint density at radius 2 is 1.79 bits per heavy atom. The second-order valence-electron chi connectivity index (χ2n) is 4.21. The summed E-state index contributed by atoms with van der Waals surface area (Å²) in [4.78, 5) is 0. The molecule has 19 heavy (non-hydrogen) atoms. The third-order valence-corrected chi connectivity index (χ3v) is 3.26. The van der Waals surface area contributed by atoms with Crippen molar-refractivity contribution in [1.29, 1.82) is 0 Å². The molecule has 3 rings (SSSR count). The first-order valence-corrected chi connectivity index (χ1v) is 6.17. The summed E-state index contributed by atoms with van der Waals surface area (Å²) in [6, 6.07) is 7.90. The molecule has 0 unspecified atom stereocenters. The summed E-state index contributed by atoms with van der Waals surface area (Å²) in [6.45, 7) is 1.02. The van der Waals surface area contributed by atoms with Crippen molar-refractivity contribution in [3.63, 3.8) is 0 Å². The highest BCUT2D eigenvalue weighted by Crippen LogP contribution is 2.38. The van der Waals surface area contributed by atoms with Crippen molar-refractivity contribution in [2.45, 2.75) is 0 Å². The molecule has 5 heteroatoms. The number of benzene rings is 2. The van der Waals surface area contributed by atoms with Crippen LogP contribution in [0.1, 0.15) is 0 Å². The molecule has 0 saturated carbocycles. The molecule has 0 atom stereocenters. The van der Waals surface area contributed by atoms with Gasteiger partial charge in [0.1, 0.15) is 19.0 Å². The normalized spacial score (nSPS) is 13.4. The Balaban J connectivity index is 2.12. The van der Waals surface area contributed by atoms with E-state index < -0.39 is 5.82 Å². The highest BCUT2D eigenvalue weighted by atomic mass is 35.5. The average molecular weight is 280 g/mol. The van der Waals surface area contributed by atoms with Crippen molar-refractivity contribution in [3.8, 4) is 22.6 Å². The van der Waals surface area contributed by atoms with Gasteiger partial charge in [0.25, 0.3) is 0 Å². The summed E-state index contributed by atoms with van der Waals surface area (Å²) in [5.74, 6) is 0.878. The fourth-order valence-corrected chi connectivity index (χ4v) is 2.24. The molecule has 98 valence electrons. The second-order valence-corrected chi connectivity index (χ2v) is 4.61. The number of nitrogen functional groups attached to an aromatic ring is 1. The largest absolute Gasteiger partial charge is 0.486 e. The maximum Gasteiger partial charge on any atom is 0.161 e. The van der Waals surface area contributed by atoms with Crippen LogP contribution in [0, 0.1) is 5.82 Å². The summed E-state index contributed by atoms with van der Waals surface area (Å²) in [5, 5.41) is 0.199. The predicted octanol–water partition coefficient (Wildman–Crippen LogP) is 3.50. The number of halogens is 2. The molecule has 1 aliphatic rings. The molecule has 0 aromatic heterocycles. The van der Waals surface area contributed by atoms with E-state index in [1.54, 1.807) is 18.2 Å². The molecule has 0 spiro atoms. The fraction of sp³-hybridized carbons (Fsp3) is 0.143. The first kappa shape index (κ1) is 12.1. The van der Waals surface area contributed by atoms with Gasteiger partial charge in [0.05, 0.1) is 10.7 Å². The minimum Gasteiger partial charge on any atom is -0.486 e. The van der Waals surface area contributed by atoms with Crippen LogP contribution in [0.4, 0.5) is 10.1 Å². The van der Waals surface area contributed by atoms with E-state index in [1.165, 1.54) is 12.1 Å². The van der Waals surface area contributed by atoms with Crippen LogP contribution in [-0.2, 0) is 0 Å². The van der Waals surface area contributed by atoms with Gasteiger partial charge in [-0.25, -0.2) is 4.39 Å². The molecular formula is C14H11ClFNO2. The van der Waals surface area contributed by atoms with E-state index >= 15 is 0 Å². The zero-order valence-corrected chi connectivity index (χ0v) is 10.7. The van der Waals surface area contributed by atoms with Gasteiger partial charge in [-0.15, -0.1) is 0 Å². The third-order valence-electron chi connectivity index (χ3n) is 2.95. The van der Waals surface area contributed by atoms with Gasteiger partial charge in [0, 0.05) is 5.56 Å². The van der Waals surface area contributed by atoms with Crippen LogP contribution in [-0.4, -0.2) is 13.2 Å². The Morgan fingerprint density at radius 3 is 2.58 bits per heavy atom. The van der Waals surface area contributed by atoms with E-state index in [-0.39, 0.29) is 5.02 Å². The summed E-state index contributed by atoms with van der Waals surface area (Å²) in [6.07, 6.45) is 0. The standard InChI is InChI=1S/C14H11ClFNO2/c15-11-7-9(16)6-10(14(11)17)8-1-2-12-13(5-8)19-4-3-18-12/h1-2,5-7H,3-4,17H2. The summed E-state index contributed by atoms with van der Waals surface area (Å²) < 4.78 is 24.4. The van der Waals surface area contributed by atoms with Gasteiger partial charge in [-0.1, -0.05) is 17.7 Å². The van der Waals surface area contributed by atoms with Crippen LogP contribution in [0.15, 0.2) is 30.3 Å². The predicted molar refractivity (Wildman–Crippen MR) is 72.2 cm³/mol. The second kappa shape index (κ2) is 4.63. The molecule has 2 aromatic carbocycles. The maximum atomic E-state index is 13.4. The molecule has 0 aliphatic carbocycles. The number of rotatable bonds is 1. The molecular weight excluding hydrogens is 269 g/mol. The monoisotopic (exact) mass is 279 g/mol. The van der Waals surface area contributed by atoms with Gasteiger partial charge < -0.3 is 15.2 Å². The van der Waals surface area contributed by atoms with Crippen LogP contribution in [0.2, 0.25) is 5.02 Å². The number of ether oxygens (including phenoxy) is 2. The van der Waals surface area contributed by atoms with Gasteiger partial charge >= 0.3 is 0 Å². The fourth-order valence-electron chi connectivity index (χ4n) is 2.03. The Kier molecular flexibility index (Phi) is 2.95. The lowest BCUT2D eigenvalue weighted by Crippen LogP contribution is -2.15. The summed E-state index contributed by atoms with van der Waals surface area (Å²) in [7, 11) is 0. The lowest BCUT2D eigenvalue weighted by molar-refractivity contribution is 0.171. The Bertz CT molecular complexity index is 646. The molecule has 0 bridgehead atoms. The van der Waals surface area contributed by atoms with Crippen molar-refractivity contribution >= 4 is 17.3 Å². The van der Waals surface area contributed by atoms with Crippen molar-refractivity contribution in [2.24, 2.45) is 0 Å². The minimum atomic E-state index is -0.427. The Labute approximate surface area is 114 Å². The first-order chi connectivity index (χ1) is 9.15. The highest BCUT2D eigenvalue weighted by molar-refractivity contribution is 6.33. The molecule has 2 N–H and O–H groups in total. The molecule has 3 nitrogen and oxygen atoms in total. The Hall–Kier alpha value is -1.94. The van der Waals surface area contributed by atoms with Gasteiger partial charge in [-0.05, 0) is 29.8 Å². The number of fused-ring (bicyclic) bond motifs is 1. The summed E-state index contributed by atoms with van der Waals surface area (Å²) in [5.41, 5.74) is 7.52. The smallest absolute Gasteiger partial charge is 0.161 e. The molecule has 0 radical (unpaired) electrons. The van der Waals surface area contributed by atoms with E-state index in [2.05, 4.69) is 0 Å². The maximum absolute atomic E-state index is 13.4. The van der Waals surface area contributed by atoms with E-state index in [0.29, 0.717) is 36.0 Å². The lowest BCUT2D eigenvalue weighted by atomic mass is 10.0. The molecule has 0 fully saturated rings. The molecule has 1 aliphatic heterocycles. The minimum absolute atomic E-state index is 0.199. The molecule has 2 aromatic rings.